The first-order valence-electron chi connectivity index (χ1n) is 7.28. The highest BCUT2D eigenvalue weighted by molar-refractivity contribution is 5.66. The molecule has 106 valence electrons. The van der Waals surface area contributed by atoms with Crippen molar-refractivity contribution in [2.45, 2.75) is 27.2 Å². The van der Waals surface area contributed by atoms with Crippen LogP contribution in [0.2, 0.25) is 0 Å². The van der Waals surface area contributed by atoms with Gasteiger partial charge in [0.15, 0.2) is 0 Å². The summed E-state index contributed by atoms with van der Waals surface area (Å²) in [5, 5.41) is 3.34. The van der Waals surface area contributed by atoms with Gasteiger partial charge in [0.1, 0.15) is 5.82 Å². The summed E-state index contributed by atoms with van der Waals surface area (Å²) in [7, 11) is 0. The van der Waals surface area contributed by atoms with Gasteiger partial charge in [0.2, 0.25) is 0 Å². The van der Waals surface area contributed by atoms with Crippen LogP contribution in [0.15, 0.2) is 42.6 Å². The van der Waals surface area contributed by atoms with Gasteiger partial charge in [-0.25, -0.2) is 4.98 Å². The molecule has 0 saturated heterocycles. The lowest BCUT2D eigenvalue weighted by Gasteiger charge is -2.24. The number of nitrogens with zero attached hydrogens (tertiary/aromatic N) is 2. The summed E-state index contributed by atoms with van der Waals surface area (Å²) >= 11 is 0. The monoisotopic (exact) mass is 269 g/mol. The topological polar surface area (TPSA) is 28.2 Å². The molecule has 0 spiro atoms. The Hall–Kier alpha value is -2.03. The van der Waals surface area contributed by atoms with E-state index in [1.165, 1.54) is 16.9 Å². The predicted octanol–water partition coefficient (Wildman–Crippen LogP) is 4.37. The Labute approximate surface area is 121 Å². The number of aromatic nitrogens is 1. The molecule has 0 saturated carbocycles. The molecule has 20 heavy (non-hydrogen) atoms. The molecule has 0 fully saturated rings. The van der Waals surface area contributed by atoms with Crippen molar-refractivity contribution in [2.24, 2.45) is 0 Å². The molecule has 0 aliphatic carbocycles. The van der Waals surface area contributed by atoms with Crippen LogP contribution < -0.4 is 10.2 Å². The first-order chi connectivity index (χ1) is 9.74. The van der Waals surface area contributed by atoms with Gasteiger partial charge in [0.05, 0.1) is 0 Å². The van der Waals surface area contributed by atoms with Crippen LogP contribution in [0.25, 0.3) is 0 Å². The Morgan fingerprint density at radius 2 is 1.90 bits per heavy atom. The lowest BCUT2D eigenvalue weighted by atomic mass is 10.2. The number of hydrogen-bond donors (Lipinski definition) is 1. The van der Waals surface area contributed by atoms with Crippen LogP contribution in [0.4, 0.5) is 17.2 Å². The second kappa shape index (κ2) is 6.94. The zero-order valence-electron chi connectivity index (χ0n) is 12.6. The van der Waals surface area contributed by atoms with Crippen LogP contribution in [0, 0.1) is 6.92 Å². The predicted molar refractivity (Wildman–Crippen MR) is 86.9 cm³/mol. The van der Waals surface area contributed by atoms with Crippen LogP contribution in [-0.4, -0.2) is 18.1 Å². The summed E-state index contributed by atoms with van der Waals surface area (Å²) in [6, 6.07) is 12.8. The Balaban J connectivity index is 2.27. The standard InChI is InChI=1S/C17H23N3/c1-4-10-18-17-13-16(9-11-19-17)20(5-2)15-8-6-7-14(3)12-15/h6-9,11-13H,4-5,10H2,1-3H3,(H,18,19). The molecular formula is C17H23N3. The third kappa shape index (κ3) is 3.50. The van der Waals surface area contributed by atoms with Gasteiger partial charge in [-0.1, -0.05) is 19.1 Å². The molecule has 0 amide bonds. The fraction of sp³-hybridized carbons (Fsp3) is 0.353. The van der Waals surface area contributed by atoms with Crippen LogP contribution in [-0.2, 0) is 0 Å². The lowest BCUT2D eigenvalue weighted by Crippen LogP contribution is -2.16. The minimum absolute atomic E-state index is 0.931. The maximum atomic E-state index is 4.37. The van der Waals surface area contributed by atoms with Gasteiger partial charge in [-0.2, -0.15) is 0 Å². The normalized spacial score (nSPS) is 10.3. The summed E-state index contributed by atoms with van der Waals surface area (Å²) in [4.78, 5) is 6.66. The molecule has 0 bridgehead atoms. The molecule has 1 heterocycles. The maximum Gasteiger partial charge on any atom is 0.127 e. The summed E-state index contributed by atoms with van der Waals surface area (Å²) in [5.41, 5.74) is 3.67. The first-order valence-corrected chi connectivity index (χ1v) is 7.28. The molecule has 3 nitrogen and oxygen atoms in total. The van der Waals surface area contributed by atoms with E-state index in [2.05, 4.69) is 72.4 Å². The van der Waals surface area contributed by atoms with Gasteiger partial charge < -0.3 is 10.2 Å². The van der Waals surface area contributed by atoms with E-state index in [1.807, 2.05) is 6.20 Å². The van der Waals surface area contributed by atoms with Gasteiger partial charge in [0, 0.05) is 36.7 Å². The SMILES string of the molecule is CCCNc1cc(N(CC)c2cccc(C)c2)ccn1. The Morgan fingerprint density at radius 3 is 2.60 bits per heavy atom. The zero-order valence-corrected chi connectivity index (χ0v) is 12.6. The molecule has 1 aromatic carbocycles. The maximum absolute atomic E-state index is 4.37. The zero-order chi connectivity index (χ0) is 14.4. The van der Waals surface area contributed by atoms with Crippen LogP contribution in [0.1, 0.15) is 25.8 Å². The number of anilines is 3. The van der Waals surface area contributed by atoms with Crippen LogP contribution >= 0.6 is 0 Å². The average Bonchev–Trinajstić information content (AvgIpc) is 2.46. The fourth-order valence-electron chi connectivity index (χ4n) is 2.25. The van der Waals surface area contributed by atoms with Crippen LogP contribution in [0.3, 0.4) is 0 Å². The van der Waals surface area contributed by atoms with Crippen molar-refractivity contribution in [2.75, 3.05) is 23.3 Å². The quantitative estimate of drug-likeness (QED) is 0.844. The second-order valence-corrected chi connectivity index (χ2v) is 4.91. The van der Waals surface area contributed by atoms with Crippen molar-refractivity contribution < 1.29 is 0 Å². The highest BCUT2D eigenvalue weighted by Crippen LogP contribution is 2.26. The van der Waals surface area contributed by atoms with E-state index in [4.69, 9.17) is 0 Å². The van der Waals surface area contributed by atoms with Gasteiger partial charge in [-0.05, 0) is 44.0 Å². The number of rotatable bonds is 6. The molecule has 1 aromatic heterocycles. The van der Waals surface area contributed by atoms with Crippen LogP contribution in [0.5, 0.6) is 0 Å². The number of pyridine rings is 1. The lowest BCUT2D eigenvalue weighted by molar-refractivity contribution is 0.965. The summed E-state index contributed by atoms with van der Waals surface area (Å²) in [6.45, 7) is 8.33. The number of benzene rings is 1. The minimum atomic E-state index is 0.931. The molecule has 0 aliphatic heterocycles. The molecule has 0 radical (unpaired) electrons. The Morgan fingerprint density at radius 1 is 1.10 bits per heavy atom. The second-order valence-electron chi connectivity index (χ2n) is 4.91. The van der Waals surface area contributed by atoms with Crippen molar-refractivity contribution in [3.05, 3.63) is 48.2 Å². The minimum Gasteiger partial charge on any atom is -0.370 e. The van der Waals surface area contributed by atoms with Crippen molar-refractivity contribution in [1.82, 2.24) is 4.98 Å². The van der Waals surface area contributed by atoms with Gasteiger partial charge >= 0.3 is 0 Å². The Bertz CT molecular complexity index is 551. The summed E-state index contributed by atoms with van der Waals surface area (Å²) in [5.74, 6) is 0.940. The van der Waals surface area contributed by atoms with E-state index in [9.17, 15) is 0 Å². The van der Waals surface area contributed by atoms with E-state index < -0.39 is 0 Å². The van der Waals surface area contributed by atoms with Gasteiger partial charge in [0.25, 0.3) is 0 Å². The van der Waals surface area contributed by atoms with E-state index in [-0.39, 0.29) is 0 Å². The van der Waals surface area contributed by atoms with Gasteiger partial charge in [-0.15, -0.1) is 0 Å². The van der Waals surface area contributed by atoms with Crippen molar-refractivity contribution in [3.63, 3.8) is 0 Å². The summed E-state index contributed by atoms with van der Waals surface area (Å²) < 4.78 is 0. The molecule has 2 rings (SSSR count). The molecule has 0 atom stereocenters. The van der Waals surface area contributed by atoms with Crippen molar-refractivity contribution in [1.29, 1.82) is 0 Å². The molecule has 3 heteroatoms. The molecule has 0 unspecified atom stereocenters. The third-order valence-electron chi connectivity index (χ3n) is 3.24. The van der Waals surface area contributed by atoms with E-state index in [0.717, 1.165) is 25.3 Å². The molecule has 1 N–H and O–H groups in total. The highest BCUT2D eigenvalue weighted by Gasteiger charge is 2.08. The van der Waals surface area contributed by atoms with Crippen molar-refractivity contribution in [3.8, 4) is 0 Å². The summed E-state index contributed by atoms with van der Waals surface area (Å²) in [6.07, 6.45) is 2.97. The van der Waals surface area contributed by atoms with Crippen molar-refractivity contribution >= 4 is 17.2 Å². The molecule has 0 aliphatic rings. The average molecular weight is 269 g/mol. The van der Waals surface area contributed by atoms with E-state index in [1.54, 1.807) is 0 Å². The first kappa shape index (κ1) is 14.4. The van der Waals surface area contributed by atoms with E-state index in [0.29, 0.717) is 0 Å². The number of aryl methyl sites for hydroxylation is 1. The number of nitrogens with one attached hydrogen (secondary N) is 1. The largest absolute Gasteiger partial charge is 0.370 e. The van der Waals surface area contributed by atoms with E-state index >= 15 is 0 Å². The molecule has 2 aromatic rings. The Kier molecular flexibility index (Phi) is 4.99. The molecular weight excluding hydrogens is 246 g/mol. The van der Waals surface area contributed by atoms with Gasteiger partial charge in [-0.3, -0.25) is 0 Å². The third-order valence-corrected chi connectivity index (χ3v) is 3.24. The fourth-order valence-corrected chi connectivity index (χ4v) is 2.25. The highest BCUT2D eigenvalue weighted by atomic mass is 15.1. The smallest absolute Gasteiger partial charge is 0.127 e. The number of hydrogen-bond acceptors (Lipinski definition) is 3.